The van der Waals surface area contributed by atoms with E-state index in [-0.39, 0.29) is 0 Å². The fourth-order valence-electron chi connectivity index (χ4n) is 4.09. The Balaban J connectivity index is 4.86. The Labute approximate surface area is 142 Å². The van der Waals surface area contributed by atoms with Crippen LogP contribution in [0.25, 0.3) is 0 Å². The standard InChI is InChI=1S/C22H46/c1-13(2)15(5)17(7)19(9)21(11)22(12)20(10)18(8)16(6)14(3)4/h13-22H,1-12H3/t15-,16+,17?,18?,19?,20?,21-,22?/m0/s1. The number of hydrogen-bond acceptors (Lipinski definition) is 0. The summed E-state index contributed by atoms with van der Waals surface area (Å²) in [5.41, 5.74) is 0. The Hall–Kier alpha value is 0. The average molecular weight is 311 g/mol. The lowest BCUT2D eigenvalue weighted by molar-refractivity contribution is 0.0853. The lowest BCUT2D eigenvalue weighted by Gasteiger charge is -2.40. The zero-order valence-electron chi connectivity index (χ0n) is 17.8. The quantitative estimate of drug-likeness (QED) is 0.416. The molecular weight excluding hydrogens is 264 g/mol. The molecule has 22 heavy (non-hydrogen) atoms. The molecule has 0 amide bonds. The predicted octanol–water partition coefficient (Wildman–Crippen LogP) is 7.39. The second-order valence-electron chi connectivity index (χ2n) is 9.36. The normalized spacial score (nSPS) is 23.7. The van der Waals surface area contributed by atoms with Crippen molar-refractivity contribution >= 4 is 0 Å². The van der Waals surface area contributed by atoms with Crippen LogP contribution in [0.5, 0.6) is 0 Å². The first-order valence-corrected chi connectivity index (χ1v) is 9.93. The summed E-state index contributed by atoms with van der Waals surface area (Å²) in [7, 11) is 0. The lowest BCUT2D eigenvalue weighted by atomic mass is 9.65. The maximum absolute atomic E-state index is 2.50. The Kier molecular flexibility index (Phi) is 9.33. The van der Waals surface area contributed by atoms with Gasteiger partial charge in [-0.15, -0.1) is 0 Å². The van der Waals surface area contributed by atoms with Crippen molar-refractivity contribution in [1.82, 2.24) is 0 Å². The van der Waals surface area contributed by atoms with Crippen LogP contribution in [-0.4, -0.2) is 0 Å². The smallest absolute Gasteiger partial charge is 0.0386 e. The number of rotatable bonds is 9. The van der Waals surface area contributed by atoms with E-state index in [0.717, 1.165) is 59.2 Å². The second-order valence-corrected chi connectivity index (χ2v) is 9.36. The van der Waals surface area contributed by atoms with Crippen molar-refractivity contribution in [3.8, 4) is 0 Å². The van der Waals surface area contributed by atoms with Gasteiger partial charge in [-0.2, -0.15) is 0 Å². The minimum Gasteiger partial charge on any atom is -0.0625 e. The Morgan fingerprint density at radius 2 is 0.364 bits per heavy atom. The van der Waals surface area contributed by atoms with Crippen molar-refractivity contribution in [3.63, 3.8) is 0 Å². The first-order chi connectivity index (χ1) is 9.93. The molecule has 0 aromatic carbocycles. The molecule has 0 aliphatic carbocycles. The Bertz CT molecular complexity index is 260. The minimum absolute atomic E-state index is 0.789. The van der Waals surface area contributed by atoms with Crippen LogP contribution in [0.1, 0.15) is 83.1 Å². The lowest BCUT2D eigenvalue weighted by Crippen LogP contribution is -2.34. The van der Waals surface area contributed by atoms with Gasteiger partial charge in [0.25, 0.3) is 0 Å². The van der Waals surface area contributed by atoms with Gasteiger partial charge in [0.05, 0.1) is 0 Å². The minimum atomic E-state index is 0.789. The second kappa shape index (κ2) is 9.33. The van der Waals surface area contributed by atoms with E-state index in [1.54, 1.807) is 0 Å². The average Bonchev–Trinajstić information content (AvgIpc) is 2.48. The molecule has 0 aliphatic rings. The molecule has 134 valence electrons. The van der Waals surface area contributed by atoms with Crippen LogP contribution in [0.4, 0.5) is 0 Å². The summed E-state index contributed by atoms with van der Waals surface area (Å²) in [6, 6.07) is 0. The van der Waals surface area contributed by atoms with Crippen molar-refractivity contribution in [2.75, 3.05) is 0 Å². The van der Waals surface area contributed by atoms with Crippen molar-refractivity contribution in [2.45, 2.75) is 83.1 Å². The molecule has 0 aromatic rings. The van der Waals surface area contributed by atoms with E-state index in [0.29, 0.717) is 0 Å². The van der Waals surface area contributed by atoms with Crippen LogP contribution >= 0.6 is 0 Å². The summed E-state index contributed by atoms with van der Waals surface area (Å²) in [6.45, 7) is 29.3. The molecule has 0 heterocycles. The topological polar surface area (TPSA) is 0 Å². The highest BCUT2D eigenvalue weighted by atomic mass is 14.4. The maximum atomic E-state index is 2.50. The molecule has 0 rings (SSSR count). The fourth-order valence-corrected chi connectivity index (χ4v) is 4.09. The monoisotopic (exact) mass is 310 g/mol. The summed E-state index contributed by atoms with van der Waals surface area (Å²) in [6.07, 6.45) is 0. The predicted molar refractivity (Wildman–Crippen MR) is 103 cm³/mol. The van der Waals surface area contributed by atoms with E-state index in [1.807, 2.05) is 0 Å². The third-order valence-electron chi connectivity index (χ3n) is 7.91. The molecular formula is C22H46. The third-order valence-corrected chi connectivity index (χ3v) is 7.91. The summed E-state index contributed by atoms with van der Waals surface area (Å²) in [5, 5.41) is 0. The highest BCUT2D eigenvalue weighted by Gasteiger charge is 2.33. The molecule has 5 unspecified atom stereocenters. The Morgan fingerprint density at radius 3 is 0.500 bits per heavy atom. The highest BCUT2D eigenvalue weighted by molar-refractivity contribution is 4.82. The molecule has 0 saturated heterocycles. The van der Waals surface area contributed by atoms with Gasteiger partial charge < -0.3 is 0 Å². The van der Waals surface area contributed by atoms with Gasteiger partial charge in [0.2, 0.25) is 0 Å². The van der Waals surface area contributed by atoms with Crippen LogP contribution in [0.15, 0.2) is 0 Å². The van der Waals surface area contributed by atoms with E-state index < -0.39 is 0 Å². The Morgan fingerprint density at radius 1 is 0.227 bits per heavy atom. The molecule has 0 spiro atoms. The first kappa shape index (κ1) is 22.0. The van der Waals surface area contributed by atoms with E-state index in [9.17, 15) is 0 Å². The molecule has 0 heteroatoms. The van der Waals surface area contributed by atoms with Crippen LogP contribution in [0.3, 0.4) is 0 Å². The summed E-state index contributed by atoms with van der Waals surface area (Å²) < 4.78 is 0. The van der Waals surface area contributed by atoms with Crippen molar-refractivity contribution in [1.29, 1.82) is 0 Å². The van der Waals surface area contributed by atoms with E-state index in [2.05, 4.69) is 83.1 Å². The SMILES string of the molecule is CC(C(C)[C@@H](C)C(C)C(C)[C@@H](C)C(C)C)C(C)[C@H](C)C(C)C. The van der Waals surface area contributed by atoms with Crippen LogP contribution < -0.4 is 0 Å². The molecule has 0 saturated carbocycles. The van der Waals surface area contributed by atoms with E-state index >= 15 is 0 Å². The summed E-state index contributed by atoms with van der Waals surface area (Å²) >= 11 is 0. The molecule has 0 nitrogen and oxygen atoms in total. The van der Waals surface area contributed by atoms with Gasteiger partial charge in [-0.1, -0.05) is 83.1 Å². The maximum Gasteiger partial charge on any atom is -0.0386 e. The van der Waals surface area contributed by atoms with E-state index in [4.69, 9.17) is 0 Å². The van der Waals surface area contributed by atoms with Gasteiger partial charge in [-0.25, -0.2) is 0 Å². The van der Waals surface area contributed by atoms with Crippen molar-refractivity contribution in [3.05, 3.63) is 0 Å². The summed E-state index contributed by atoms with van der Waals surface area (Å²) in [4.78, 5) is 0. The summed E-state index contributed by atoms with van der Waals surface area (Å²) in [5.74, 6) is 8.02. The van der Waals surface area contributed by atoms with Gasteiger partial charge in [-0.05, 0) is 59.2 Å². The molecule has 0 fully saturated rings. The van der Waals surface area contributed by atoms with Gasteiger partial charge in [0.15, 0.2) is 0 Å². The largest absolute Gasteiger partial charge is 0.0625 e. The van der Waals surface area contributed by atoms with Crippen LogP contribution in [0.2, 0.25) is 0 Å². The highest BCUT2D eigenvalue weighted by Crippen LogP contribution is 2.40. The number of hydrogen-bond donors (Lipinski definition) is 0. The first-order valence-electron chi connectivity index (χ1n) is 9.93. The zero-order valence-corrected chi connectivity index (χ0v) is 17.8. The van der Waals surface area contributed by atoms with E-state index in [1.165, 1.54) is 0 Å². The molecule has 8 atom stereocenters. The molecule has 0 aromatic heterocycles. The van der Waals surface area contributed by atoms with Crippen molar-refractivity contribution < 1.29 is 0 Å². The molecule has 0 aliphatic heterocycles. The van der Waals surface area contributed by atoms with Gasteiger partial charge in [0, 0.05) is 0 Å². The zero-order chi connectivity index (χ0) is 17.8. The van der Waals surface area contributed by atoms with Crippen molar-refractivity contribution in [2.24, 2.45) is 59.2 Å². The molecule has 0 N–H and O–H groups in total. The molecule has 0 bridgehead atoms. The van der Waals surface area contributed by atoms with Crippen LogP contribution in [-0.2, 0) is 0 Å². The van der Waals surface area contributed by atoms with Gasteiger partial charge in [-0.3, -0.25) is 0 Å². The van der Waals surface area contributed by atoms with Gasteiger partial charge >= 0.3 is 0 Å². The van der Waals surface area contributed by atoms with Gasteiger partial charge in [0.1, 0.15) is 0 Å². The third kappa shape index (κ3) is 5.57. The molecule has 0 radical (unpaired) electrons. The fraction of sp³-hybridized carbons (Fsp3) is 1.00. The van der Waals surface area contributed by atoms with Crippen LogP contribution in [0, 0.1) is 59.2 Å².